The zero-order valence-corrected chi connectivity index (χ0v) is 31.8. The van der Waals surface area contributed by atoms with E-state index in [4.69, 9.17) is 0 Å². The van der Waals surface area contributed by atoms with Crippen molar-refractivity contribution in [3.63, 3.8) is 0 Å². The van der Waals surface area contributed by atoms with E-state index in [1.165, 1.54) is 31.8 Å². The molecule has 0 N–H and O–H groups in total. The lowest BCUT2D eigenvalue weighted by Crippen LogP contribution is -2.55. The van der Waals surface area contributed by atoms with Crippen LogP contribution < -0.4 is 31.8 Å². The van der Waals surface area contributed by atoms with E-state index in [0.717, 1.165) is 30.3 Å². The molecule has 0 saturated heterocycles. The van der Waals surface area contributed by atoms with Gasteiger partial charge in [-0.1, -0.05) is 178 Å². The molecule has 2 atom stereocenters. The molecular formula is C45H49NP3+. The first-order valence-corrected chi connectivity index (χ1v) is 21.8. The molecule has 0 heterocycles. The summed E-state index contributed by atoms with van der Waals surface area (Å²) in [5.41, 5.74) is 0.936. The third-order valence-electron chi connectivity index (χ3n) is 9.29. The SMILES string of the molecule is CCC[N+](CC(C)P(c1ccccc1)c1ccccc1)(CC(C)P(c1ccccc1)c1ccccc1)P(c1ccccc1)c1ccccc1. The Morgan fingerprint density at radius 3 is 0.878 bits per heavy atom. The molecule has 0 aliphatic rings. The monoisotopic (exact) mass is 696 g/mol. The highest BCUT2D eigenvalue weighted by Gasteiger charge is 2.45. The quantitative estimate of drug-likeness (QED) is 0.0940. The van der Waals surface area contributed by atoms with Crippen LogP contribution in [0.5, 0.6) is 0 Å². The molecule has 49 heavy (non-hydrogen) atoms. The summed E-state index contributed by atoms with van der Waals surface area (Å²) in [6.07, 6.45) is 1.14. The van der Waals surface area contributed by atoms with Crippen molar-refractivity contribution in [1.82, 2.24) is 0 Å². The maximum Gasteiger partial charge on any atom is 0.169 e. The van der Waals surface area contributed by atoms with Gasteiger partial charge in [0.2, 0.25) is 0 Å². The molecule has 2 unspecified atom stereocenters. The van der Waals surface area contributed by atoms with Gasteiger partial charge in [-0.2, -0.15) is 0 Å². The van der Waals surface area contributed by atoms with Gasteiger partial charge in [0.15, 0.2) is 8.07 Å². The van der Waals surface area contributed by atoms with Gasteiger partial charge in [0, 0.05) is 21.9 Å². The molecule has 0 fully saturated rings. The Hall–Kier alpha value is -3.43. The number of rotatable bonds is 15. The van der Waals surface area contributed by atoms with Crippen LogP contribution in [0.2, 0.25) is 0 Å². The summed E-state index contributed by atoms with van der Waals surface area (Å²) in [5.74, 6) is 0. The molecule has 0 spiro atoms. The average Bonchev–Trinajstić information content (AvgIpc) is 3.15. The zero-order chi connectivity index (χ0) is 33.9. The summed E-state index contributed by atoms with van der Waals surface area (Å²) in [5, 5.41) is 8.83. The van der Waals surface area contributed by atoms with Gasteiger partial charge in [0.25, 0.3) is 0 Å². The number of hydrogen-bond acceptors (Lipinski definition) is 0. The lowest BCUT2D eigenvalue weighted by molar-refractivity contribution is -0.804. The summed E-state index contributed by atoms with van der Waals surface area (Å²) < 4.78 is 1.08. The van der Waals surface area contributed by atoms with Crippen molar-refractivity contribution in [3.05, 3.63) is 182 Å². The first-order chi connectivity index (χ1) is 24.1. The molecule has 6 rings (SSSR count). The highest BCUT2D eigenvalue weighted by atomic mass is 31.1. The molecule has 0 saturated carbocycles. The lowest BCUT2D eigenvalue weighted by Gasteiger charge is -2.49. The molecule has 6 aromatic carbocycles. The van der Waals surface area contributed by atoms with Crippen LogP contribution in [0.3, 0.4) is 0 Å². The second-order valence-corrected chi connectivity index (χ2v) is 20.8. The van der Waals surface area contributed by atoms with Gasteiger partial charge in [-0.25, -0.2) is 0 Å². The molecule has 248 valence electrons. The van der Waals surface area contributed by atoms with Crippen molar-refractivity contribution < 1.29 is 4.25 Å². The van der Waals surface area contributed by atoms with Crippen LogP contribution in [-0.4, -0.2) is 35.2 Å². The van der Waals surface area contributed by atoms with E-state index in [0.29, 0.717) is 11.3 Å². The van der Waals surface area contributed by atoms with Crippen LogP contribution in [0.1, 0.15) is 27.2 Å². The van der Waals surface area contributed by atoms with E-state index in [2.05, 4.69) is 203 Å². The first kappa shape index (κ1) is 35.4. The largest absolute Gasteiger partial charge is 0.301 e. The van der Waals surface area contributed by atoms with Gasteiger partial charge in [-0.3, -0.25) is 0 Å². The zero-order valence-electron chi connectivity index (χ0n) is 29.1. The van der Waals surface area contributed by atoms with Crippen molar-refractivity contribution in [1.29, 1.82) is 0 Å². The van der Waals surface area contributed by atoms with Crippen LogP contribution >= 0.6 is 23.9 Å². The smallest absolute Gasteiger partial charge is 0.169 e. The predicted octanol–water partition coefficient (Wildman–Crippen LogP) is 9.30. The summed E-state index contributed by atoms with van der Waals surface area (Å²) in [6, 6.07) is 68.4. The maximum atomic E-state index is 2.56. The fourth-order valence-electron chi connectivity index (χ4n) is 7.53. The molecule has 0 aliphatic heterocycles. The first-order valence-electron chi connectivity index (χ1n) is 17.6. The van der Waals surface area contributed by atoms with Gasteiger partial charge in [0.05, 0.1) is 19.6 Å². The van der Waals surface area contributed by atoms with E-state index in [9.17, 15) is 0 Å². The Kier molecular flexibility index (Phi) is 12.6. The van der Waals surface area contributed by atoms with Crippen LogP contribution in [0.4, 0.5) is 0 Å². The Morgan fingerprint density at radius 1 is 0.388 bits per heavy atom. The standard InChI is InChI=1S/C45H49NP3/c1-4-35-46(49(44-31-19-9-20-32-44)45-33-21-10-22-34-45,36-38(2)47(40-23-11-5-12-24-40)41-25-13-6-14-26-41)37-39(3)48(42-27-15-7-16-28-42)43-29-17-8-18-30-43/h5-34,38-39H,4,35-37H2,1-3H3/q+1. The van der Waals surface area contributed by atoms with Crippen molar-refractivity contribution in [2.24, 2.45) is 0 Å². The average molecular weight is 697 g/mol. The Labute approximate surface area is 299 Å². The summed E-state index contributed by atoms with van der Waals surface area (Å²) in [7, 11) is -1.89. The minimum Gasteiger partial charge on any atom is -0.301 e. The van der Waals surface area contributed by atoms with Crippen molar-refractivity contribution >= 4 is 55.7 Å². The highest BCUT2D eigenvalue weighted by molar-refractivity contribution is 7.74. The molecule has 0 amide bonds. The van der Waals surface area contributed by atoms with Crippen LogP contribution in [0.25, 0.3) is 0 Å². The topological polar surface area (TPSA) is 0 Å². The summed E-state index contributed by atoms with van der Waals surface area (Å²) in [6.45, 7) is 10.9. The Balaban J connectivity index is 1.52. The molecule has 0 bridgehead atoms. The minimum absolute atomic E-state index is 0.468. The summed E-state index contributed by atoms with van der Waals surface area (Å²) >= 11 is 0. The molecule has 6 aromatic rings. The number of quaternary nitrogens is 1. The van der Waals surface area contributed by atoms with Crippen molar-refractivity contribution in [3.8, 4) is 0 Å². The molecule has 1 nitrogen and oxygen atoms in total. The van der Waals surface area contributed by atoms with Gasteiger partial charge in [-0.15, -0.1) is 0 Å². The molecule has 4 heteroatoms. The molecular weight excluding hydrogens is 647 g/mol. The fourth-order valence-corrected chi connectivity index (χ4v) is 16.7. The normalized spacial score (nSPS) is 14.1. The second kappa shape index (κ2) is 17.5. The number of benzene rings is 6. The fraction of sp³-hybridized carbons (Fsp3) is 0.200. The highest BCUT2D eigenvalue weighted by Crippen LogP contribution is 2.53. The molecule has 0 radical (unpaired) electrons. The van der Waals surface area contributed by atoms with Crippen LogP contribution in [0.15, 0.2) is 182 Å². The van der Waals surface area contributed by atoms with E-state index >= 15 is 0 Å². The number of hydrogen-bond donors (Lipinski definition) is 0. The Bertz CT molecular complexity index is 1590. The number of nitrogens with zero attached hydrogens (tertiary/aromatic N) is 1. The molecule has 0 aromatic heterocycles. The van der Waals surface area contributed by atoms with E-state index in [1.54, 1.807) is 0 Å². The van der Waals surface area contributed by atoms with E-state index in [-0.39, 0.29) is 0 Å². The lowest BCUT2D eigenvalue weighted by atomic mass is 10.3. The van der Waals surface area contributed by atoms with Gasteiger partial charge < -0.3 is 4.25 Å². The third kappa shape index (κ3) is 8.66. The van der Waals surface area contributed by atoms with Gasteiger partial charge in [0.1, 0.15) is 0 Å². The second-order valence-electron chi connectivity index (χ2n) is 12.9. The maximum absolute atomic E-state index is 2.56. The van der Waals surface area contributed by atoms with Crippen molar-refractivity contribution in [2.75, 3.05) is 19.6 Å². The van der Waals surface area contributed by atoms with Gasteiger partial charge in [-0.05, 0) is 67.7 Å². The minimum atomic E-state index is -0.736. The van der Waals surface area contributed by atoms with Gasteiger partial charge >= 0.3 is 0 Å². The van der Waals surface area contributed by atoms with Crippen LogP contribution in [-0.2, 0) is 0 Å². The predicted molar refractivity (Wildman–Crippen MR) is 221 cm³/mol. The van der Waals surface area contributed by atoms with Crippen LogP contribution in [0, 0.1) is 0 Å². The van der Waals surface area contributed by atoms with E-state index < -0.39 is 23.9 Å². The van der Waals surface area contributed by atoms with E-state index in [1.807, 2.05) is 0 Å². The molecule has 0 aliphatic carbocycles. The third-order valence-corrected chi connectivity index (χ3v) is 17.8. The Morgan fingerprint density at radius 2 is 0.633 bits per heavy atom. The summed E-state index contributed by atoms with van der Waals surface area (Å²) in [4.78, 5) is 0. The van der Waals surface area contributed by atoms with Crippen molar-refractivity contribution in [2.45, 2.75) is 38.5 Å².